The fraction of sp³-hybridized carbons (Fsp3) is 0.600. The van der Waals surface area contributed by atoms with Crippen molar-refractivity contribution in [2.75, 3.05) is 39.6 Å². The van der Waals surface area contributed by atoms with Gasteiger partial charge in [-0.2, -0.15) is 0 Å². The normalized spacial score (nSPS) is 19.0. The van der Waals surface area contributed by atoms with Crippen LogP contribution in [-0.2, 0) is 4.74 Å². The highest BCUT2D eigenvalue weighted by Crippen LogP contribution is 2.29. The lowest BCUT2D eigenvalue weighted by atomic mass is 10.3. The third-order valence-corrected chi connectivity index (χ3v) is 3.00. The minimum absolute atomic E-state index is 0.0790. The van der Waals surface area contributed by atoms with Gasteiger partial charge in [0.15, 0.2) is 0 Å². The van der Waals surface area contributed by atoms with Crippen LogP contribution in [-0.4, -0.2) is 78.4 Å². The molecular weight excluding hydrogens is 308 g/mol. The van der Waals surface area contributed by atoms with Crippen molar-refractivity contribution in [2.45, 2.75) is 18.3 Å². The van der Waals surface area contributed by atoms with E-state index in [4.69, 9.17) is 29.2 Å². The molecule has 2 rings (SSSR count). The molecule has 0 bridgehead atoms. The van der Waals surface area contributed by atoms with Crippen molar-refractivity contribution < 1.29 is 39.4 Å². The molecule has 0 aliphatic carbocycles. The number of epoxide rings is 1. The average Bonchev–Trinajstić information content (AvgIpc) is 3.40. The molecule has 1 aromatic rings. The zero-order valence-corrected chi connectivity index (χ0v) is 12.6. The quantitative estimate of drug-likeness (QED) is 0.378. The maximum atomic E-state index is 9.34. The van der Waals surface area contributed by atoms with Crippen LogP contribution in [0.25, 0.3) is 0 Å². The largest absolute Gasteiger partial charge is 0.491 e. The molecule has 1 fully saturated rings. The van der Waals surface area contributed by atoms with Crippen LogP contribution in [0.5, 0.6) is 17.2 Å². The van der Waals surface area contributed by atoms with Crippen LogP contribution in [0.4, 0.5) is 0 Å². The van der Waals surface area contributed by atoms with Crippen molar-refractivity contribution in [1.29, 1.82) is 0 Å². The Kier molecular flexibility index (Phi) is 6.87. The molecular formula is C15H22O8. The van der Waals surface area contributed by atoms with E-state index in [2.05, 4.69) is 0 Å². The number of benzene rings is 1. The summed E-state index contributed by atoms with van der Waals surface area (Å²) in [6.45, 7) is 0.115. The standard InChI is InChI=1S/C15H22O8/c16-4-10(18)6-20-12-1-13(21-7-11(19)5-17)3-14(2-12)22-8-15-9-23-15/h1-3,10-11,15-19H,4-9H2. The molecule has 8 heteroatoms. The predicted molar refractivity (Wildman–Crippen MR) is 78.9 cm³/mol. The minimum Gasteiger partial charge on any atom is -0.491 e. The van der Waals surface area contributed by atoms with Gasteiger partial charge in [0.2, 0.25) is 0 Å². The van der Waals surface area contributed by atoms with E-state index in [0.717, 1.165) is 0 Å². The molecule has 0 amide bonds. The molecule has 1 saturated heterocycles. The Hall–Kier alpha value is -1.58. The van der Waals surface area contributed by atoms with Gasteiger partial charge in [-0.1, -0.05) is 0 Å². The molecule has 23 heavy (non-hydrogen) atoms. The van der Waals surface area contributed by atoms with Gasteiger partial charge in [0.1, 0.15) is 55.4 Å². The third kappa shape index (κ3) is 6.59. The molecule has 8 nitrogen and oxygen atoms in total. The van der Waals surface area contributed by atoms with Crippen LogP contribution in [0.15, 0.2) is 18.2 Å². The van der Waals surface area contributed by atoms with Gasteiger partial charge >= 0.3 is 0 Å². The first-order valence-corrected chi connectivity index (χ1v) is 7.33. The highest BCUT2D eigenvalue weighted by molar-refractivity contribution is 5.42. The van der Waals surface area contributed by atoms with Crippen molar-refractivity contribution in [3.8, 4) is 17.2 Å². The van der Waals surface area contributed by atoms with E-state index in [9.17, 15) is 10.2 Å². The van der Waals surface area contributed by atoms with E-state index in [1.165, 1.54) is 0 Å². The topological polar surface area (TPSA) is 121 Å². The Morgan fingerprint density at radius 2 is 1.35 bits per heavy atom. The van der Waals surface area contributed by atoms with E-state index >= 15 is 0 Å². The number of aliphatic hydroxyl groups is 4. The van der Waals surface area contributed by atoms with Gasteiger partial charge in [-0.15, -0.1) is 0 Å². The number of aliphatic hydroxyl groups excluding tert-OH is 4. The van der Waals surface area contributed by atoms with Gasteiger partial charge in [0.25, 0.3) is 0 Å². The van der Waals surface area contributed by atoms with Crippen molar-refractivity contribution in [1.82, 2.24) is 0 Å². The maximum absolute atomic E-state index is 9.34. The second-order valence-corrected chi connectivity index (χ2v) is 5.20. The fourth-order valence-electron chi connectivity index (χ4n) is 1.64. The number of hydrogen-bond donors (Lipinski definition) is 4. The number of ether oxygens (including phenoxy) is 4. The Morgan fingerprint density at radius 1 is 0.913 bits per heavy atom. The average molecular weight is 330 g/mol. The van der Waals surface area contributed by atoms with Gasteiger partial charge in [-0.3, -0.25) is 0 Å². The molecule has 4 N–H and O–H groups in total. The van der Waals surface area contributed by atoms with Gasteiger partial charge in [-0.25, -0.2) is 0 Å². The summed E-state index contributed by atoms with van der Waals surface area (Å²) in [4.78, 5) is 0. The molecule has 0 spiro atoms. The minimum atomic E-state index is -0.986. The fourth-order valence-corrected chi connectivity index (χ4v) is 1.64. The second-order valence-electron chi connectivity index (χ2n) is 5.20. The molecule has 0 aromatic heterocycles. The zero-order chi connectivity index (χ0) is 16.7. The van der Waals surface area contributed by atoms with Crippen molar-refractivity contribution in [2.24, 2.45) is 0 Å². The summed E-state index contributed by atoms with van der Waals surface area (Å²) in [7, 11) is 0. The van der Waals surface area contributed by atoms with Crippen LogP contribution in [0.3, 0.4) is 0 Å². The number of hydrogen-bond acceptors (Lipinski definition) is 8. The number of rotatable bonds is 11. The molecule has 1 aromatic carbocycles. The lowest BCUT2D eigenvalue weighted by molar-refractivity contribution is 0.0510. The molecule has 1 aliphatic heterocycles. The van der Waals surface area contributed by atoms with Gasteiger partial charge in [0.05, 0.1) is 19.8 Å². The Balaban J connectivity index is 1.99. The molecule has 0 saturated carbocycles. The van der Waals surface area contributed by atoms with Crippen LogP contribution in [0.2, 0.25) is 0 Å². The van der Waals surface area contributed by atoms with Crippen molar-refractivity contribution in [3.05, 3.63) is 18.2 Å². The van der Waals surface area contributed by atoms with Gasteiger partial charge < -0.3 is 39.4 Å². The second kappa shape index (κ2) is 8.90. The van der Waals surface area contributed by atoms with Crippen LogP contribution < -0.4 is 14.2 Å². The van der Waals surface area contributed by atoms with Gasteiger partial charge in [0, 0.05) is 18.2 Å². The smallest absolute Gasteiger partial charge is 0.126 e. The lowest BCUT2D eigenvalue weighted by Crippen LogP contribution is -2.22. The lowest BCUT2D eigenvalue weighted by Gasteiger charge is -2.15. The summed E-state index contributed by atoms with van der Waals surface area (Å²) in [5.41, 5.74) is 0. The molecule has 1 heterocycles. The summed E-state index contributed by atoms with van der Waals surface area (Å²) in [6.07, 6.45) is -1.88. The molecule has 0 radical (unpaired) electrons. The van der Waals surface area contributed by atoms with Crippen LogP contribution in [0, 0.1) is 0 Å². The van der Waals surface area contributed by atoms with Crippen molar-refractivity contribution in [3.63, 3.8) is 0 Å². The summed E-state index contributed by atoms with van der Waals surface area (Å²) < 4.78 is 21.4. The van der Waals surface area contributed by atoms with Crippen LogP contribution in [0.1, 0.15) is 0 Å². The Morgan fingerprint density at radius 3 is 1.74 bits per heavy atom. The first-order valence-electron chi connectivity index (χ1n) is 7.33. The molecule has 3 atom stereocenters. The molecule has 3 unspecified atom stereocenters. The zero-order valence-electron chi connectivity index (χ0n) is 12.6. The first kappa shape index (κ1) is 17.8. The third-order valence-electron chi connectivity index (χ3n) is 3.00. The maximum Gasteiger partial charge on any atom is 0.126 e. The Bertz CT molecular complexity index is 444. The predicted octanol–water partition coefficient (Wildman–Crippen LogP) is -1.07. The van der Waals surface area contributed by atoms with E-state index in [1.54, 1.807) is 18.2 Å². The Labute approximate surface area is 133 Å². The van der Waals surface area contributed by atoms with E-state index in [-0.39, 0.29) is 19.3 Å². The molecule has 130 valence electrons. The monoisotopic (exact) mass is 330 g/mol. The van der Waals surface area contributed by atoms with Crippen LogP contribution >= 0.6 is 0 Å². The summed E-state index contributed by atoms with van der Waals surface area (Å²) in [5.74, 6) is 1.27. The SMILES string of the molecule is OCC(O)COc1cc(OCC(O)CO)cc(OCC2CO2)c1. The van der Waals surface area contributed by atoms with Gasteiger partial charge in [-0.05, 0) is 0 Å². The summed E-state index contributed by atoms with van der Waals surface area (Å²) >= 11 is 0. The van der Waals surface area contributed by atoms with E-state index in [0.29, 0.717) is 30.5 Å². The highest BCUT2D eigenvalue weighted by Gasteiger charge is 2.23. The van der Waals surface area contributed by atoms with E-state index < -0.39 is 25.4 Å². The van der Waals surface area contributed by atoms with Crippen molar-refractivity contribution >= 4 is 0 Å². The van der Waals surface area contributed by atoms with E-state index in [1.807, 2.05) is 0 Å². The molecule has 1 aliphatic rings. The summed E-state index contributed by atoms with van der Waals surface area (Å²) in [5, 5.41) is 36.3. The summed E-state index contributed by atoms with van der Waals surface area (Å²) in [6, 6.07) is 4.82. The first-order chi connectivity index (χ1) is 11.1. The highest BCUT2D eigenvalue weighted by atomic mass is 16.6.